The lowest BCUT2D eigenvalue weighted by Gasteiger charge is -2.29. The zero-order valence-electron chi connectivity index (χ0n) is 18.2. The molecule has 170 valence electrons. The van der Waals surface area contributed by atoms with Crippen LogP contribution >= 0.6 is 0 Å². The van der Waals surface area contributed by atoms with E-state index in [-0.39, 0.29) is 11.6 Å². The number of halogens is 4. The number of fused-ring (bicyclic) bond motifs is 1. The molecule has 0 amide bonds. The van der Waals surface area contributed by atoms with Gasteiger partial charge in [0.05, 0.1) is 0 Å². The maximum atomic E-state index is 15.3. The largest absolute Gasteiger partial charge is 0.573 e. The van der Waals surface area contributed by atoms with Crippen molar-refractivity contribution in [2.75, 3.05) is 0 Å². The van der Waals surface area contributed by atoms with Crippen LogP contribution in [0.1, 0.15) is 63.4 Å². The normalized spacial score (nSPS) is 19.3. The Morgan fingerprint density at radius 3 is 2.28 bits per heavy atom. The van der Waals surface area contributed by atoms with Crippen LogP contribution in [0.3, 0.4) is 0 Å². The maximum Gasteiger partial charge on any atom is 0.573 e. The summed E-state index contributed by atoms with van der Waals surface area (Å²) in [6.07, 6.45) is 4.06. The van der Waals surface area contributed by atoms with E-state index < -0.39 is 6.36 Å². The van der Waals surface area contributed by atoms with Crippen LogP contribution in [0.4, 0.5) is 17.6 Å². The number of hydrogen-bond donors (Lipinski definition) is 0. The molecule has 5 heteroatoms. The molecule has 0 radical (unpaired) electrons. The van der Waals surface area contributed by atoms with Crippen molar-refractivity contribution >= 4 is 10.8 Å². The lowest BCUT2D eigenvalue weighted by atomic mass is 9.77. The van der Waals surface area contributed by atoms with Crippen LogP contribution in [0.15, 0.2) is 54.6 Å². The monoisotopic (exact) mass is 444 g/mol. The van der Waals surface area contributed by atoms with Crippen LogP contribution in [-0.2, 0) is 0 Å². The Labute approximate surface area is 186 Å². The quantitative estimate of drug-likeness (QED) is 0.345. The number of hydrogen-bond acceptors (Lipinski definition) is 1. The first kappa shape index (κ1) is 22.6. The molecule has 0 spiro atoms. The third-order valence-electron chi connectivity index (χ3n) is 6.66. The maximum absolute atomic E-state index is 15.3. The molecule has 0 bridgehead atoms. The molecule has 0 aromatic heterocycles. The van der Waals surface area contributed by atoms with Gasteiger partial charge in [-0.3, -0.25) is 0 Å². The smallest absolute Gasteiger partial charge is 0.406 e. The minimum Gasteiger partial charge on any atom is -0.406 e. The molecule has 0 saturated heterocycles. The predicted molar refractivity (Wildman–Crippen MR) is 120 cm³/mol. The van der Waals surface area contributed by atoms with Gasteiger partial charge in [0.1, 0.15) is 11.6 Å². The van der Waals surface area contributed by atoms with E-state index >= 15 is 4.39 Å². The summed E-state index contributed by atoms with van der Waals surface area (Å²) < 4.78 is 56.2. The second kappa shape index (κ2) is 9.51. The summed E-state index contributed by atoms with van der Waals surface area (Å²) in [6, 6.07) is 14.8. The minimum atomic E-state index is -4.75. The number of ether oxygens (including phenoxy) is 1. The summed E-state index contributed by atoms with van der Waals surface area (Å²) in [4.78, 5) is 0. The molecule has 1 aliphatic carbocycles. The lowest BCUT2D eigenvalue weighted by molar-refractivity contribution is -0.274. The van der Waals surface area contributed by atoms with Gasteiger partial charge in [-0.05, 0) is 66.2 Å². The molecule has 1 aliphatic rings. The van der Waals surface area contributed by atoms with Crippen molar-refractivity contribution in [3.8, 4) is 16.9 Å². The Hall–Kier alpha value is -2.56. The molecule has 0 aliphatic heterocycles. The van der Waals surface area contributed by atoms with E-state index in [9.17, 15) is 13.2 Å². The van der Waals surface area contributed by atoms with Crippen molar-refractivity contribution in [1.29, 1.82) is 0 Å². The van der Waals surface area contributed by atoms with E-state index in [1.807, 2.05) is 18.2 Å². The zero-order chi connectivity index (χ0) is 22.7. The van der Waals surface area contributed by atoms with Crippen molar-refractivity contribution in [2.24, 2.45) is 5.92 Å². The van der Waals surface area contributed by atoms with Crippen LogP contribution < -0.4 is 4.74 Å². The van der Waals surface area contributed by atoms with Gasteiger partial charge in [-0.25, -0.2) is 4.39 Å². The van der Waals surface area contributed by atoms with Gasteiger partial charge < -0.3 is 4.74 Å². The summed E-state index contributed by atoms with van der Waals surface area (Å²) >= 11 is 0. The third-order valence-corrected chi connectivity index (χ3v) is 6.66. The van der Waals surface area contributed by atoms with Gasteiger partial charge in [0.15, 0.2) is 0 Å². The molecule has 0 heterocycles. The van der Waals surface area contributed by atoms with Gasteiger partial charge in [-0.2, -0.15) is 0 Å². The van der Waals surface area contributed by atoms with E-state index in [0.717, 1.165) is 11.3 Å². The highest BCUT2D eigenvalue weighted by Gasteiger charge is 2.31. The highest BCUT2D eigenvalue weighted by atomic mass is 19.4. The van der Waals surface area contributed by atoms with E-state index in [2.05, 4.69) is 17.7 Å². The standard InChI is InChI=1S/C27H28F4O/c1-2-3-4-18-5-7-19(8-6-18)21-11-15-25-22(17-21)12-16-24(26(25)28)20-9-13-23(14-10-20)32-27(29,30)31/h9-19H,2-8H2,1H3. The van der Waals surface area contributed by atoms with Crippen molar-refractivity contribution in [3.05, 3.63) is 66.0 Å². The molecule has 0 N–H and O–H groups in total. The fourth-order valence-electron chi connectivity index (χ4n) is 4.90. The SMILES string of the molecule is CCCCC1CCC(c2ccc3c(F)c(-c4ccc(OC(F)(F)F)cc4)ccc3c2)CC1. The molecule has 3 aromatic carbocycles. The highest BCUT2D eigenvalue weighted by Crippen LogP contribution is 2.39. The Bertz CT molecular complexity index is 1050. The second-order valence-electron chi connectivity index (χ2n) is 8.84. The van der Waals surface area contributed by atoms with Crippen LogP contribution in [0.2, 0.25) is 0 Å². The van der Waals surface area contributed by atoms with E-state index in [1.54, 1.807) is 6.07 Å². The molecule has 1 nitrogen and oxygen atoms in total. The number of rotatable bonds is 6. The van der Waals surface area contributed by atoms with Crippen LogP contribution in [0, 0.1) is 11.7 Å². The van der Waals surface area contributed by atoms with Crippen LogP contribution in [0.5, 0.6) is 5.75 Å². The van der Waals surface area contributed by atoms with Crippen molar-refractivity contribution < 1.29 is 22.3 Å². The average molecular weight is 445 g/mol. The molecule has 1 fully saturated rings. The van der Waals surface area contributed by atoms with E-state index in [4.69, 9.17) is 0 Å². The summed E-state index contributed by atoms with van der Waals surface area (Å²) in [6.45, 7) is 2.24. The van der Waals surface area contributed by atoms with Gasteiger partial charge in [0.2, 0.25) is 0 Å². The van der Waals surface area contributed by atoms with Gasteiger partial charge in [0.25, 0.3) is 0 Å². The summed E-state index contributed by atoms with van der Waals surface area (Å²) in [7, 11) is 0. The fraction of sp³-hybridized carbons (Fsp3) is 0.407. The first-order chi connectivity index (χ1) is 15.3. The lowest BCUT2D eigenvalue weighted by Crippen LogP contribution is -2.16. The van der Waals surface area contributed by atoms with Gasteiger partial charge in [-0.1, -0.05) is 68.7 Å². The second-order valence-corrected chi connectivity index (χ2v) is 8.84. The summed E-state index contributed by atoms with van der Waals surface area (Å²) in [5.74, 6) is 0.694. The fourth-order valence-corrected chi connectivity index (χ4v) is 4.90. The average Bonchev–Trinajstić information content (AvgIpc) is 2.78. The third kappa shape index (κ3) is 5.25. The van der Waals surface area contributed by atoms with Crippen LogP contribution in [-0.4, -0.2) is 6.36 Å². The number of benzene rings is 3. The van der Waals surface area contributed by atoms with Gasteiger partial charge in [0, 0.05) is 10.9 Å². The van der Waals surface area contributed by atoms with E-state index in [1.165, 1.54) is 74.8 Å². The number of alkyl halides is 3. The van der Waals surface area contributed by atoms with Gasteiger partial charge >= 0.3 is 6.36 Å². The van der Waals surface area contributed by atoms with Crippen molar-refractivity contribution in [2.45, 2.75) is 64.1 Å². The molecular weight excluding hydrogens is 416 g/mol. The Morgan fingerprint density at radius 2 is 1.62 bits per heavy atom. The first-order valence-corrected chi connectivity index (χ1v) is 11.4. The Balaban J connectivity index is 1.52. The predicted octanol–water partition coefficient (Wildman–Crippen LogP) is 9.01. The van der Waals surface area contributed by atoms with Crippen molar-refractivity contribution in [1.82, 2.24) is 0 Å². The minimum absolute atomic E-state index is 0.323. The first-order valence-electron chi connectivity index (χ1n) is 11.4. The summed E-state index contributed by atoms with van der Waals surface area (Å²) in [5, 5.41) is 1.38. The Morgan fingerprint density at radius 1 is 0.906 bits per heavy atom. The number of unbranched alkanes of at least 4 members (excludes halogenated alkanes) is 1. The molecule has 0 unspecified atom stereocenters. The highest BCUT2D eigenvalue weighted by molar-refractivity contribution is 5.89. The summed E-state index contributed by atoms with van der Waals surface area (Å²) in [5.41, 5.74) is 2.14. The Kier molecular flexibility index (Phi) is 6.73. The molecule has 1 saturated carbocycles. The van der Waals surface area contributed by atoms with Gasteiger partial charge in [-0.15, -0.1) is 13.2 Å². The van der Waals surface area contributed by atoms with E-state index in [0.29, 0.717) is 22.4 Å². The molecule has 4 rings (SSSR count). The zero-order valence-corrected chi connectivity index (χ0v) is 18.2. The molecule has 32 heavy (non-hydrogen) atoms. The van der Waals surface area contributed by atoms with Crippen LogP contribution in [0.25, 0.3) is 21.9 Å². The molecule has 3 aromatic rings. The molecular formula is C27H28F4O. The van der Waals surface area contributed by atoms with Crippen molar-refractivity contribution in [3.63, 3.8) is 0 Å². The topological polar surface area (TPSA) is 9.23 Å². The molecule has 0 atom stereocenters.